The van der Waals surface area contributed by atoms with Crippen LogP contribution in [0.1, 0.15) is 17.4 Å². The van der Waals surface area contributed by atoms with Gasteiger partial charge in [-0.05, 0) is 36.1 Å². The van der Waals surface area contributed by atoms with E-state index >= 15 is 0 Å². The first-order valence-electron chi connectivity index (χ1n) is 8.06. The van der Waals surface area contributed by atoms with Crippen molar-refractivity contribution in [2.24, 2.45) is 10.9 Å². The Morgan fingerprint density at radius 3 is 2.68 bits per heavy atom. The maximum Gasteiger partial charge on any atom is 0.166 e. The van der Waals surface area contributed by atoms with E-state index < -0.39 is 0 Å². The molecule has 3 aromatic rings. The Kier molecular flexibility index (Phi) is 6.24. The smallest absolute Gasteiger partial charge is 0.166 e. The summed E-state index contributed by atoms with van der Waals surface area (Å²) >= 11 is 9.77. The van der Waals surface area contributed by atoms with Crippen LogP contribution >= 0.6 is 34.7 Å². The first-order valence-corrected chi connectivity index (χ1v) is 10.4. The van der Waals surface area contributed by atoms with E-state index in [1.807, 2.05) is 30.0 Å². The number of fused-ring (bicyclic) bond motifs is 1. The van der Waals surface area contributed by atoms with E-state index in [0.29, 0.717) is 0 Å². The largest absolute Gasteiger partial charge is 0.345 e. The predicted molar refractivity (Wildman–Crippen MR) is 113 cm³/mol. The van der Waals surface area contributed by atoms with Gasteiger partial charge in [0, 0.05) is 22.0 Å². The molecule has 0 aliphatic carbocycles. The van der Waals surface area contributed by atoms with Crippen LogP contribution in [0.3, 0.4) is 0 Å². The lowest BCUT2D eigenvalue weighted by molar-refractivity contribution is 0.516. The van der Waals surface area contributed by atoms with Crippen LogP contribution in [0, 0.1) is 0 Å². The minimum Gasteiger partial charge on any atom is -0.345 e. The van der Waals surface area contributed by atoms with Crippen molar-refractivity contribution in [3.8, 4) is 0 Å². The third-order valence-corrected chi connectivity index (χ3v) is 6.40. The Bertz CT molecular complexity index is 843. The van der Waals surface area contributed by atoms with E-state index in [-0.39, 0.29) is 0 Å². The molecule has 0 spiro atoms. The van der Waals surface area contributed by atoms with Crippen LogP contribution in [-0.2, 0) is 5.75 Å². The molecular weight excluding hydrogens is 370 g/mol. The number of thiophene rings is 1. The maximum atomic E-state index is 6.24. The Morgan fingerprint density at radius 2 is 1.96 bits per heavy atom. The number of benzene rings is 2. The first-order chi connectivity index (χ1) is 12.2. The standard InChI is InChI=1S/C19H20ClN3S2/c1-2-23(13-24-12-15-8-3-5-9-16(15)20)19(22-21)18-11-14-7-4-6-10-17(14)25-18/h3-11H,2,12-13,21H2,1H3/b22-19-. The number of thioether (sulfide) groups is 1. The summed E-state index contributed by atoms with van der Waals surface area (Å²) in [7, 11) is 0. The first kappa shape index (κ1) is 18.1. The van der Waals surface area contributed by atoms with E-state index in [4.69, 9.17) is 17.4 Å². The van der Waals surface area contributed by atoms with Gasteiger partial charge in [0.1, 0.15) is 0 Å². The molecule has 0 unspecified atom stereocenters. The van der Waals surface area contributed by atoms with Crippen LogP contribution < -0.4 is 5.84 Å². The average molecular weight is 390 g/mol. The number of nitrogens with zero attached hydrogens (tertiary/aromatic N) is 2. The zero-order valence-electron chi connectivity index (χ0n) is 14.0. The van der Waals surface area contributed by atoms with Gasteiger partial charge in [-0.15, -0.1) is 23.1 Å². The van der Waals surface area contributed by atoms with E-state index in [1.54, 1.807) is 11.3 Å². The summed E-state index contributed by atoms with van der Waals surface area (Å²) in [5.41, 5.74) is 1.15. The minimum atomic E-state index is 0.812. The Morgan fingerprint density at radius 1 is 1.20 bits per heavy atom. The fourth-order valence-electron chi connectivity index (χ4n) is 2.58. The molecule has 0 bridgehead atoms. The summed E-state index contributed by atoms with van der Waals surface area (Å²) in [5, 5.41) is 6.12. The lowest BCUT2D eigenvalue weighted by Crippen LogP contribution is -2.31. The second-order valence-corrected chi connectivity index (χ2v) is 7.97. The lowest BCUT2D eigenvalue weighted by atomic mass is 10.2. The fraction of sp³-hybridized carbons (Fsp3) is 0.211. The zero-order chi connectivity index (χ0) is 17.6. The number of hydrogen-bond acceptors (Lipinski definition) is 4. The van der Waals surface area contributed by atoms with Crippen LogP contribution in [0.15, 0.2) is 59.7 Å². The zero-order valence-corrected chi connectivity index (χ0v) is 16.4. The summed E-state index contributed by atoms with van der Waals surface area (Å²) in [6, 6.07) is 18.5. The van der Waals surface area contributed by atoms with Crippen molar-refractivity contribution in [3.05, 3.63) is 70.1 Å². The van der Waals surface area contributed by atoms with Crippen LogP contribution in [0.25, 0.3) is 10.1 Å². The van der Waals surface area contributed by atoms with Gasteiger partial charge in [-0.25, -0.2) is 0 Å². The second kappa shape index (κ2) is 8.61. The van der Waals surface area contributed by atoms with E-state index in [9.17, 15) is 0 Å². The average Bonchev–Trinajstić information content (AvgIpc) is 3.06. The van der Waals surface area contributed by atoms with Crippen molar-refractivity contribution < 1.29 is 0 Å². The van der Waals surface area contributed by atoms with Crippen LogP contribution in [0.5, 0.6) is 0 Å². The lowest BCUT2D eigenvalue weighted by Gasteiger charge is -2.23. The molecule has 130 valence electrons. The third-order valence-electron chi connectivity index (χ3n) is 3.91. The maximum absolute atomic E-state index is 6.24. The van der Waals surface area contributed by atoms with Crippen molar-refractivity contribution in [1.29, 1.82) is 0 Å². The summed E-state index contributed by atoms with van der Waals surface area (Å²) in [4.78, 5) is 3.30. The van der Waals surface area contributed by atoms with Gasteiger partial charge in [-0.3, -0.25) is 0 Å². The number of halogens is 1. The molecule has 3 rings (SSSR count). The molecule has 0 aliphatic rings. The van der Waals surface area contributed by atoms with Crippen LogP contribution in [-0.4, -0.2) is 23.2 Å². The van der Waals surface area contributed by atoms with Crippen molar-refractivity contribution >= 4 is 50.6 Å². The second-order valence-electron chi connectivity index (χ2n) is 5.53. The van der Waals surface area contributed by atoms with Gasteiger partial charge < -0.3 is 10.7 Å². The van der Waals surface area contributed by atoms with Crippen molar-refractivity contribution in [2.75, 3.05) is 12.4 Å². The number of amidine groups is 1. The van der Waals surface area contributed by atoms with E-state index in [2.05, 4.69) is 53.3 Å². The van der Waals surface area contributed by atoms with Crippen molar-refractivity contribution in [1.82, 2.24) is 4.90 Å². The van der Waals surface area contributed by atoms with Gasteiger partial charge in [0.2, 0.25) is 0 Å². The van der Waals surface area contributed by atoms with Crippen molar-refractivity contribution in [2.45, 2.75) is 12.7 Å². The molecule has 0 saturated carbocycles. The highest BCUT2D eigenvalue weighted by Crippen LogP contribution is 2.27. The van der Waals surface area contributed by atoms with E-state index in [0.717, 1.165) is 39.5 Å². The predicted octanol–water partition coefficient (Wildman–Crippen LogP) is 5.39. The molecule has 0 fully saturated rings. The molecule has 0 atom stereocenters. The molecule has 0 radical (unpaired) electrons. The molecule has 0 aliphatic heterocycles. The minimum absolute atomic E-state index is 0.812. The van der Waals surface area contributed by atoms with Gasteiger partial charge in [-0.1, -0.05) is 48.0 Å². The quantitative estimate of drug-likeness (QED) is 0.202. The normalized spacial score (nSPS) is 11.8. The molecule has 0 saturated heterocycles. The number of hydrazone groups is 1. The van der Waals surface area contributed by atoms with Crippen LogP contribution in [0.4, 0.5) is 0 Å². The molecule has 25 heavy (non-hydrogen) atoms. The Hall–Kier alpha value is -1.69. The Labute approximate surface area is 161 Å². The number of hydrogen-bond donors (Lipinski definition) is 1. The van der Waals surface area contributed by atoms with Gasteiger partial charge >= 0.3 is 0 Å². The van der Waals surface area contributed by atoms with Gasteiger partial charge in [0.15, 0.2) is 5.84 Å². The van der Waals surface area contributed by atoms with Crippen molar-refractivity contribution in [3.63, 3.8) is 0 Å². The topological polar surface area (TPSA) is 41.6 Å². The number of rotatable bonds is 6. The SMILES string of the molecule is CCN(CSCc1ccccc1Cl)/C(=N\N)c1cc2ccccc2s1. The summed E-state index contributed by atoms with van der Waals surface area (Å²) < 4.78 is 1.25. The Balaban J connectivity index is 1.71. The van der Waals surface area contributed by atoms with Gasteiger partial charge in [-0.2, -0.15) is 5.10 Å². The molecule has 1 heterocycles. The molecule has 6 heteroatoms. The van der Waals surface area contributed by atoms with Gasteiger partial charge in [0.05, 0.1) is 10.8 Å². The molecule has 0 amide bonds. The third kappa shape index (κ3) is 4.29. The molecular formula is C19H20ClN3S2. The molecule has 2 aromatic carbocycles. The highest BCUT2D eigenvalue weighted by Gasteiger charge is 2.15. The molecule has 2 N–H and O–H groups in total. The van der Waals surface area contributed by atoms with E-state index in [1.165, 1.54) is 10.1 Å². The summed E-state index contributed by atoms with van der Waals surface area (Å²) in [5.74, 6) is 8.25. The number of nitrogens with two attached hydrogens (primary N) is 1. The summed E-state index contributed by atoms with van der Waals surface area (Å²) in [6.45, 7) is 2.97. The summed E-state index contributed by atoms with van der Waals surface area (Å²) in [6.07, 6.45) is 0. The van der Waals surface area contributed by atoms with Crippen LogP contribution in [0.2, 0.25) is 5.02 Å². The fourth-order valence-corrected chi connectivity index (χ4v) is 5.03. The monoisotopic (exact) mass is 389 g/mol. The molecule has 3 nitrogen and oxygen atoms in total. The van der Waals surface area contributed by atoms with Gasteiger partial charge in [0.25, 0.3) is 0 Å². The molecule has 1 aromatic heterocycles. The highest BCUT2D eigenvalue weighted by atomic mass is 35.5. The highest BCUT2D eigenvalue weighted by molar-refractivity contribution is 7.98.